The molecule has 2 aromatic carbocycles. The second-order valence-electron chi connectivity index (χ2n) is 6.71. The fourth-order valence-electron chi connectivity index (χ4n) is 3.53. The van der Waals surface area contributed by atoms with Crippen LogP contribution in [0.25, 0.3) is 10.9 Å². The molecule has 1 atom stereocenters. The Morgan fingerprint density at radius 2 is 1.81 bits per heavy atom. The summed E-state index contributed by atoms with van der Waals surface area (Å²) in [7, 11) is 0. The van der Waals surface area contributed by atoms with Gasteiger partial charge >= 0.3 is 5.97 Å². The Balaban J connectivity index is 1.83. The van der Waals surface area contributed by atoms with Crippen LogP contribution in [0.15, 0.2) is 54.7 Å². The third kappa shape index (κ3) is 4.19. The molecule has 1 heterocycles. The van der Waals surface area contributed by atoms with Crippen molar-refractivity contribution < 1.29 is 14.7 Å². The van der Waals surface area contributed by atoms with Crippen LogP contribution in [0.4, 0.5) is 0 Å². The van der Waals surface area contributed by atoms with Crippen molar-refractivity contribution in [3.05, 3.63) is 71.4 Å². The lowest BCUT2D eigenvalue weighted by Gasteiger charge is -2.19. The van der Waals surface area contributed by atoms with Crippen molar-refractivity contribution >= 4 is 22.8 Å². The van der Waals surface area contributed by atoms with Crippen LogP contribution in [0.2, 0.25) is 0 Å². The highest BCUT2D eigenvalue weighted by molar-refractivity contribution is 5.89. The number of aryl methyl sites for hydroxylation is 2. The second-order valence-corrected chi connectivity index (χ2v) is 6.71. The van der Waals surface area contributed by atoms with Gasteiger partial charge in [0.05, 0.1) is 18.9 Å². The van der Waals surface area contributed by atoms with Gasteiger partial charge in [-0.05, 0) is 36.6 Å². The molecule has 0 saturated heterocycles. The number of benzene rings is 2. The van der Waals surface area contributed by atoms with Crippen molar-refractivity contribution in [3.63, 3.8) is 0 Å². The van der Waals surface area contributed by atoms with E-state index in [1.165, 1.54) is 0 Å². The maximum Gasteiger partial charge on any atom is 0.305 e. The van der Waals surface area contributed by atoms with Crippen LogP contribution in [0.5, 0.6) is 0 Å². The fourth-order valence-corrected chi connectivity index (χ4v) is 3.53. The summed E-state index contributed by atoms with van der Waals surface area (Å²) in [5, 5.41) is 13.2. The van der Waals surface area contributed by atoms with E-state index in [4.69, 9.17) is 0 Å². The molecule has 3 rings (SSSR count). The number of para-hydroxylation sites is 1. The Labute approximate surface area is 158 Å². The Kier molecular flexibility index (Phi) is 5.60. The summed E-state index contributed by atoms with van der Waals surface area (Å²) in [5.41, 5.74) is 3.85. The predicted molar refractivity (Wildman–Crippen MR) is 106 cm³/mol. The van der Waals surface area contributed by atoms with Crippen molar-refractivity contribution in [1.82, 2.24) is 9.88 Å². The first-order chi connectivity index (χ1) is 13.0. The van der Waals surface area contributed by atoms with Gasteiger partial charge in [0, 0.05) is 23.6 Å². The van der Waals surface area contributed by atoms with E-state index in [1.54, 1.807) is 0 Å². The number of fused-ring (bicyclic) bond motifs is 1. The van der Waals surface area contributed by atoms with Crippen molar-refractivity contribution in [1.29, 1.82) is 0 Å². The van der Waals surface area contributed by atoms with Gasteiger partial charge in [-0.2, -0.15) is 0 Å². The number of amides is 1. The van der Waals surface area contributed by atoms with Crippen LogP contribution in [0.1, 0.15) is 36.1 Å². The van der Waals surface area contributed by atoms with E-state index < -0.39 is 12.0 Å². The van der Waals surface area contributed by atoms with E-state index in [1.807, 2.05) is 61.7 Å². The molecule has 27 heavy (non-hydrogen) atoms. The van der Waals surface area contributed by atoms with Gasteiger partial charge in [0.25, 0.3) is 0 Å². The lowest BCUT2D eigenvalue weighted by Crippen LogP contribution is -2.31. The minimum absolute atomic E-state index is 0.146. The van der Waals surface area contributed by atoms with E-state index >= 15 is 0 Å². The van der Waals surface area contributed by atoms with E-state index in [0.29, 0.717) is 0 Å². The summed E-state index contributed by atoms with van der Waals surface area (Å²) >= 11 is 0. The van der Waals surface area contributed by atoms with Gasteiger partial charge in [-0.1, -0.05) is 42.5 Å². The standard InChI is InChI=1S/C22H24N2O3/c1-3-24-14-16(18-10-6-7-11-20(18)24)12-21(25)23-19(13-22(26)27)17-9-5-4-8-15(17)2/h4-11,14,19H,3,12-13H2,1-2H3,(H,23,25)(H,26,27). The number of aliphatic carboxylic acids is 1. The zero-order chi connectivity index (χ0) is 19.4. The van der Waals surface area contributed by atoms with Crippen LogP contribution in [-0.4, -0.2) is 21.6 Å². The minimum Gasteiger partial charge on any atom is -0.481 e. The molecule has 1 amide bonds. The highest BCUT2D eigenvalue weighted by Crippen LogP contribution is 2.24. The summed E-state index contributed by atoms with van der Waals surface area (Å²) in [6.45, 7) is 4.82. The Morgan fingerprint density at radius 3 is 2.52 bits per heavy atom. The fraction of sp³-hybridized carbons (Fsp3) is 0.273. The number of nitrogens with one attached hydrogen (secondary N) is 1. The van der Waals surface area contributed by atoms with Crippen LogP contribution in [0.3, 0.4) is 0 Å². The summed E-state index contributed by atoms with van der Waals surface area (Å²) in [5.74, 6) is -1.12. The number of nitrogens with zero attached hydrogens (tertiary/aromatic N) is 1. The van der Waals surface area contributed by atoms with Gasteiger partial charge < -0.3 is 15.0 Å². The van der Waals surface area contributed by atoms with Crippen molar-refractivity contribution in [3.8, 4) is 0 Å². The Hall–Kier alpha value is -3.08. The largest absolute Gasteiger partial charge is 0.481 e. The monoisotopic (exact) mass is 364 g/mol. The SMILES string of the molecule is CCn1cc(CC(=O)NC(CC(=O)O)c2ccccc2C)c2ccccc21. The topological polar surface area (TPSA) is 71.3 Å². The van der Waals surface area contributed by atoms with Crippen molar-refractivity contribution in [2.45, 2.75) is 39.3 Å². The molecule has 140 valence electrons. The lowest BCUT2D eigenvalue weighted by atomic mass is 9.98. The summed E-state index contributed by atoms with van der Waals surface area (Å²) in [6, 6.07) is 15.0. The molecule has 0 radical (unpaired) electrons. The maximum atomic E-state index is 12.7. The summed E-state index contributed by atoms with van der Waals surface area (Å²) in [4.78, 5) is 24.0. The first-order valence-electron chi connectivity index (χ1n) is 9.13. The molecule has 0 aliphatic heterocycles. The molecule has 0 saturated carbocycles. The van der Waals surface area contributed by atoms with E-state index in [0.717, 1.165) is 34.1 Å². The van der Waals surface area contributed by atoms with Gasteiger partial charge in [-0.15, -0.1) is 0 Å². The number of carbonyl (C=O) groups is 2. The molecule has 0 aliphatic rings. The third-order valence-electron chi connectivity index (χ3n) is 4.84. The lowest BCUT2D eigenvalue weighted by molar-refractivity contribution is -0.137. The molecule has 0 bridgehead atoms. The average Bonchev–Trinajstić information content (AvgIpc) is 2.99. The summed E-state index contributed by atoms with van der Waals surface area (Å²) < 4.78 is 2.12. The second kappa shape index (κ2) is 8.08. The quantitative estimate of drug-likeness (QED) is 0.669. The van der Waals surface area contributed by atoms with Crippen LogP contribution < -0.4 is 5.32 Å². The van der Waals surface area contributed by atoms with Gasteiger partial charge in [0.2, 0.25) is 5.91 Å². The first-order valence-corrected chi connectivity index (χ1v) is 9.13. The van der Waals surface area contributed by atoms with Crippen molar-refractivity contribution in [2.24, 2.45) is 0 Å². The van der Waals surface area contributed by atoms with E-state index in [2.05, 4.69) is 16.8 Å². The molecular formula is C22H24N2O3. The first kappa shape index (κ1) is 18.7. The Bertz CT molecular complexity index is 975. The van der Waals surface area contributed by atoms with Crippen molar-refractivity contribution in [2.75, 3.05) is 0 Å². The van der Waals surface area contributed by atoms with Crippen LogP contribution in [-0.2, 0) is 22.6 Å². The zero-order valence-corrected chi connectivity index (χ0v) is 15.6. The highest BCUT2D eigenvalue weighted by atomic mass is 16.4. The molecule has 5 nitrogen and oxygen atoms in total. The van der Waals surface area contributed by atoms with E-state index in [-0.39, 0.29) is 18.7 Å². The molecule has 0 spiro atoms. The molecule has 5 heteroatoms. The number of rotatable bonds is 7. The number of aromatic nitrogens is 1. The number of hydrogen-bond acceptors (Lipinski definition) is 2. The van der Waals surface area contributed by atoms with Crippen LogP contribution in [0, 0.1) is 6.92 Å². The van der Waals surface area contributed by atoms with Gasteiger partial charge in [-0.3, -0.25) is 9.59 Å². The minimum atomic E-state index is -0.939. The molecule has 1 unspecified atom stereocenters. The molecule has 2 N–H and O–H groups in total. The molecule has 3 aromatic rings. The molecule has 0 fully saturated rings. The summed E-state index contributed by atoms with van der Waals surface area (Å²) in [6.07, 6.45) is 2.08. The third-order valence-corrected chi connectivity index (χ3v) is 4.84. The average molecular weight is 364 g/mol. The van der Waals surface area contributed by atoms with Gasteiger partial charge in [0.15, 0.2) is 0 Å². The highest BCUT2D eigenvalue weighted by Gasteiger charge is 2.20. The van der Waals surface area contributed by atoms with E-state index in [9.17, 15) is 14.7 Å². The molecule has 1 aromatic heterocycles. The maximum absolute atomic E-state index is 12.7. The number of carboxylic acid groups (broad SMARTS) is 1. The predicted octanol–water partition coefficient (Wildman–Crippen LogP) is 3.84. The van der Waals surface area contributed by atoms with Gasteiger partial charge in [-0.25, -0.2) is 0 Å². The number of carboxylic acids is 1. The Morgan fingerprint density at radius 1 is 1.11 bits per heavy atom. The molecule has 0 aliphatic carbocycles. The zero-order valence-electron chi connectivity index (χ0n) is 15.6. The number of carbonyl (C=O) groups excluding carboxylic acids is 1. The smallest absolute Gasteiger partial charge is 0.305 e. The number of hydrogen-bond donors (Lipinski definition) is 2. The van der Waals surface area contributed by atoms with Gasteiger partial charge in [0.1, 0.15) is 0 Å². The normalized spacial score (nSPS) is 12.1. The molecular weight excluding hydrogens is 340 g/mol. The van der Waals surface area contributed by atoms with Crippen LogP contribution >= 0.6 is 0 Å².